The van der Waals surface area contributed by atoms with Crippen LogP contribution in [0.3, 0.4) is 0 Å². The number of hydrogen-bond donors (Lipinski definition) is 1. The number of halogens is 2. The third-order valence-corrected chi connectivity index (χ3v) is 3.37. The number of aliphatic hydroxyl groups excluding tert-OH is 1. The Hall–Kier alpha value is -1.39. The van der Waals surface area contributed by atoms with Crippen LogP contribution in [0.1, 0.15) is 24.2 Å². The molecule has 2 nitrogen and oxygen atoms in total. The quantitative estimate of drug-likeness (QED) is 0.883. The van der Waals surface area contributed by atoms with Gasteiger partial charge in [0.2, 0.25) is 0 Å². The van der Waals surface area contributed by atoms with E-state index in [-0.39, 0.29) is 5.75 Å². The van der Waals surface area contributed by atoms with Crippen molar-refractivity contribution < 1.29 is 14.2 Å². The molecule has 100 valence electrons. The van der Waals surface area contributed by atoms with Crippen molar-refractivity contribution >= 4 is 15.9 Å². The number of rotatable bonds is 3. The first kappa shape index (κ1) is 14.0. The summed E-state index contributed by atoms with van der Waals surface area (Å²) >= 11 is 3.38. The summed E-state index contributed by atoms with van der Waals surface area (Å²) in [6, 6.07) is 10.0. The zero-order chi connectivity index (χ0) is 14.0. The molecule has 0 spiro atoms. The van der Waals surface area contributed by atoms with Crippen LogP contribution in [0.5, 0.6) is 11.5 Å². The second-order valence-corrected chi connectivity index (χ2v) is 5.22. The van der Waals surface area contributed by atoms with E-state index < -0.39 is 11.9 Å². The zero-order valence-corrected chi connectivity index (χ0v) is 12.2. The summed E-state index contributed by atoms with van der Waals surface area (Å²) in [5.41, 5.74) is 1.50. The van der Waals surface area contributed by atoms with E-state index in [1.165, 1.54) is 6.07 Å². The Bertz CT molecular complexity index is 597. The van der Waals surface area contributed by atoms with Gasteiger partial charge >= 0.3 is 0 Å². The fraction of sp³-hybridized carbons (Fsp3) is 0.200. The molecule has 2 aromatic carbocycles. The predicted octanol–water partition coefficient (Wildman–Crippen LogP) is 4.74. The van der Waals surface area contributed by atoms with Gasteiger partial charge in [0.15, 0.2) is 11.6 Å². The maximum Gasteiger partial charge on any atom is 0.168 e. The zero-order valence-electron chi connectivity index (χ0n) is 10.7. The van der Waals surface area contributed by atoms with E-state index in [1.807, 2.05) is 19.1 Å². The Morgan fingerprint density at radius 1 is 1.26 bits per heavy atom. The van der Waals surface area contributed by atoms with Crippen LogP contribution in [0.4, 0.5) is 4.39 Å². The molecule has 2 rings (SSSR count). The van der Waals surface area contributed by atoms with E-state index in [9.17, 15) is 9.50 Å². The lowest BCUT2D eigenvalue weighted by atomic mass is 10.1. The average molecular weight is 325 g/mol. The van der Waals surface area contributed by atoms with Gasteiger partial charge in [-0.1, -0.05) is 18.2 Å². The summed E-state index contributed by atoms with van der Waals surface area (Å²) in [4.78, 5) is 0. The minimum absolute atomic E-state index is 0.0575. The number of hydrogen-bond acceptors (Lipinski definition) is 2. The first-order valence-corrected chi connectivity index (χ1v) is 6.69. The van der Waals surface area contributed by atoms with E-state index in [1.54, 1.807) is 25.1 Å². The van der Waals surface area contributed by atoms with E-state index >= 15 is 0 Å². The molecular weight excluding hydrogens is 311 g/mol. The number of aliphatic hydroxyl groups is 1. The van der Waals surface area contributed by atoms with Crippen LogP contribution in [-0.2, 0) is 0 Å². The summed E-state index contributed by atoms with van der Waals surface area (Å²) in [5, 5.41) is 9.66. The molecule has 0 heterocycles. The van der Waals surface area contributed by atoms with Gasteiger partial charge < -0.3 is 9.84 Å². The fourth-order valence-electron chi connectivity index (χ4n) is 1.76. The lowest BCUT2D eigenvalue weighted by molar-refractivity contribution is 0.194. The second kappa shape index (κ2) is 5.72. The molecule has 0 saturated carbocycles. The van der Waals surface area contributed by atoms with Crippen molar-refractivity contribution in [2.75, 3.05) is 0 Å². The van der Waals surface area contributed by atoms with E-state index in [0.717, 1.165) is 10.0 Å². The average Bonchev–Trinajstić information content (AvgIpc) is 2.34. The number of ether oxygens (including phenoxy) is 1. The minimum atomic E-state index is -0.796. The summed E-state index contributed by atoms with van der Waals surface area (Å²) in [6.45, 7) is 3.53. The van der Waals surface area contributed by atoms with Crippen molar-refractivity contribution in [1.29, 1.82) is 0 Å². The third kappa shape index (κ3) is 3.14. The maximum atomic E-state index is 13.9. The molecule has 2 aromatic rings. The first-order chi connectivity index (χ1) is 8.99. The highest BCUT2D eigenvalue weighted by Crippen LogP contribution is 2.35. The molecular formula is C15H14BrFO2. The van der Waals surface area contributed by atoms with Crippen LogP contribution in [0.2, 0.25) is 0 Å². The van der Waals surface area contributed by atoms with Gasteiger partial charge in [-0.15, -0.1) is 0 Å². The largest absolute Gasteiger partial charge is 0.453 e. The molecule has 0 amide bonds. The molecule has 0 aliphatic heterocycles. The van der Waals surface area contributed by atoms with E-state index in [0.29, 0.717) is 11.3 Å². The molecule has 1 N–H and O–H groups in total. The van der Waals surface area contributed by atoms with Gasteiger partial charge in [-0.25, -0.2) is 4.39 Å². The van der Waals surface area contributed by atoms with Crippen molar-refractivity contribution in [3.63, 3.8) is 0 Å². The van der Waals surface area contributed by atoms with Gasteiger partial charge in [0.25, 0.3) is 0 Å². The van der Waals surface area contributed by atoms with Crippen LogP contribution < -0.4 is 4.74 Å². The molecule has 4 heteroatoms. The molecule has 0 radical (unpaired) electrons. The van der Waals surface area contributed by atoms with Crippen LogP contribution in [0.15, 0.2) is 40.9 Å². The summed E-state index contributed by atoms with van der Waals surface area (Å²) in [7, 11) is 0. The molecule has 0 aromatic heterocycles. The summed E-state index contributed by atoms with van der Waals surface area (Å²) in [6.07, 6.45) is -0.796. The highest BCUT2D eigenvalue weighted by atomic mass is 79.9. The van der Waals surface area contributed by atoms with Gasteiger partial charge in [-0.3, -0.25) is 0 Å². The third-order valence-electron chi connectivity index (χ3n) is 2.75. The van der Waals surface area contributed by atoms with Crippen molar-refractivity contribution in [3.8, 4) is 11.5 Å². The highest BCUT2D eigenvalue weighted by molar-refractivity contribution is 9.10. The normalized spacial score (nSPS) is 12.3. The van der Waals surface area contributed by atoms with E-state index in [4.69, 9.17) is 4.74 Å². The lowest BCUT2D eigenvalue weighted by Gasteiger charge is -2.15. The van der Waals surface area contributed by atoms with Crippen LogP contribution in [0, 0.1) is 12.7 Å². The van der Waals surface area contributed by atoms with Crippen molar-refractivity contribution in [2.24, 2.45) is 0 Å². The Morgan fingerprint density at radius 2 is 2.00 bits per heavy atom. The van der Waals surface area contributed by atoms with Gasteiger partial charge in [0.1, 0.15) is 5.75 Å². The van der Waals surface area contributed by atoms with Gasteiger partial charge in [0.05, 0.1) is 10.6 Å². The monoisotopic (exact) mass is 324 g/mol. The second-order valence-electron chi connectivity index (χ2n) is 4.37. The number of aryl methyl sites for hydroxylation is 1. The lowest BCUT2D eigenvalue weighted by Crippen LogP contribution is -1.99. The molecule has 0 bridgehead atoms. The molecule has 0 aliphatic carbocycles. The highest BCUT2D eigenvalue weighted by Gasteiger charge is 2.15. The maximum absolute atomic E-state index is 13.9. The van der Waals surface area contributed by atoms with E-state index in [2.05, 4.69) is 15.9 Å². The molecule has 1 atom stereocenters. The minimum Gasteiger partial charge on any atom is -0.453 e. The topological polar surface area (TPSA) is 29.5 Å². The fourth-order valence-corrected chi connectivity index (χ4v) is 2.33. The Kier molecular flexibility index (Phi) is 4.22. The smallest absolute Gasteiger partial charge is 0.168 e. The van der Waals surface area contributed by atoms with Crippen molar-refractivity contribution in [1.82, 2.24) is 0 Å². The number of benzene rings is 2. The Balaban J connectivity index is 2.43. The molecule has 0 saturated heterocycles. The predicted molar refractivity (Wildman–Crippen MR) is 76.0 cm³/mol. The van der Waals surface area contributed by atoms with Gasteiger partial charge in [-0.2, -0.15) is 0 Å². The standard InChI is InChI=1S/C15H14BrFO2/c1-9-6-7-14(12(16)8-9)19-15-11(10(2)18)4-3-5-13(15)17/h3-8,10,18H,1-2H3/t10-/m1/s1. The van der Waals surface area contributed by atoms with Crippen LogP contribution in [-0.4, -0.2) is 5.11 Å². The Labute approximate surface area is 120 Å². The molecule has 19 heavy (non-hydrogen) atoms. The number of para-hydroxylation sites is 1. The summed E-state index contributed by atoms with van der Waals surface area (Å²) in [5.74, 6) is 0.0746. The Morgan fingerprint density at radius 3 is 2.63 bits per heavy atom. The van der Waals surface area contributed by atoms with Gasteiger partial charge in [0, 0.05) is 5.56 Å². The van der Waals surface area contributed by atoms with Crippen LogP contribution in [0.25, 0.3) is 0 Å². The molecule has 0 fully saturated rings. The van der Waals surface area contributed by atoms with Gasteiger partial charge in [-0.05, 0) is 53.5 Å². The van der Waals surface area contributed by atoms with Crippen molar-refractivity contribution in [2.45, 2.75) is 20.0 Å². The summed E-state index contributed by atoms with van der Waals surface area (Å²) < 4.78 is 20.2. The van der Waals surface area contributed by atoms with Crippen LogP contribution >= 0.6 is 15.9 Å². The first-order valence-electron chi connectivity index (χ1n) is 5.89. The molecule has 0 aliphatic rings. The van der Waals surface area contributed by atoms with Crippen molar-refractivity contribution in [3.05, 3.63) is 57.8 Å². The molecule has 0 unspecified atom stereocenters. The SMILES string of the molecule is Cc1ccc(Oc2c(F)cccc2[C@@H](C)O)c(Br)c1.